The van der Waals surface area contributed by atoms with E-state index < -0.39 is 14.6 Å². The summed E-state index contributed by atoms with van der Waals surface area (Å²) in [6.45, 7) is 2.19. The van der Waals surface area contributed by atoms with E-state index in [0.29, 0.717) is 31.1 Å². The van der Waals surface area contributed by atoms with Crippen molar-refractivity contribution in [2.45, 2.75) is 100 Å². The van der Waals surface area contributed by atoms with Gasteiger partial charge in [-0.3, -0.25) is 4.79 Å². The lowest BCUT2D eigenvalue weighted by atomic mass is 9.77. The van der Waals surface area contributed by atoms with Gasteiger partial charge in [-0.2, -0.15) is 0 Å². The van der Waals surface area contributed by atoms with E-state index in [4.69, 9.17) is 9.47 Å². The highest BCUT2D eigenvalue weighted by Crippen LogP contribution is 2.57. The minimum atomic E-state index is -3.94. The fourth-order valence-electron chi connectivity index (χ4n) is 6.78. The highest BCUT2D eigenvalue weighted by molar-refractivity contribution is 7.93. The molecule has 1 N–H and O–H groups in total. The number of aliphatic hydroxyl groups excluding tert-OH is 1. The summed E-state index contributed by atoms with van der Waals surface area (Å²) >= 11 is 0. The Bertz CT molecular complexity index is 1190. The van der Waals surface area contributed by atoms with Crippen molar-refractivity contribution in [1.29, 1.82) is 0 Å². The number of aliphatic hydroxyl groups is 1. The number of sulfone groups is 1. The zero-order valence-corrected chi connectivity index (χ0v) is 24.3. The van der Waals surface area contributed by atoms with E-state index >= 15 is 0 Å². The van der Waals surface area contributed by atoms with E-state index in [1.165, 1.54) is 25.7 Å². The molecule has 7 heteroatoms. The number of carbonyl (C=O) groups is 1. The molecule has 2 aliphatic carbocycles. The molecule has 6 nitrogen and oxygen atoms in total. The Hall–Kier alpha value is -2.38. The number of hydrogen-bond acceptors (Lipinski definition) is 6. The Morgan fingerprint density at radius 2 is 1.69 bits per heavy atom. The number of rotatable bonds is 12. The molecule has 0 heterocycles. The third-order valence-electron chi connectivity index (χ3n) is 9.15. The highest BCUT2D eigenvalue weighted by atomic mass is 32.2. The standard InChI is InChI=1S/C32H44O6S/c1-3-4-6-25-7-5-18-31(19-16-25)20-21-32(24-31,30(34)17-22-33)39(35,36)29-14-8-26(9-15-29)23-38-28-12-10-27(37-2)11-13-28/h8-15,25,33H,3-7,16-24H2,1-2H3. The zero-order valence-electron chi connectivity index (χ0n) is 23.5. The third kappa shape index (κ3) is 6.51. The minimum Gasteiger partial charge on any atom is -0.497 e. The number of benzene rings is 2. The Balaban J connectivity index is 1.51. The molecule has 2 aromatic carbocycles. The van der Waals surface area contributed by atoms with Crippen LogP contribution in [0.3, 0.4) is 0 Å². The van der Waals surface area contributed by atoms with E-state index in [1.807, 2.05) is 24.3 Å². The molecule has 0 bridgehead atoms. The average Bonchev–Trinajstić information content (AvgIpc) is 3.24. The van der Waals surface area contributed by atoms with Crippen LogP contribution in [0.15, 0.2) is 53.4 Å². The fraction of sp³-hybridized carbons (Fsp3) is 0.594. The Kier molecular flexibility index (Phi) is 9.76. The summed E-state index contributed by atoms with van der Waals surface area (Å²) in [4.78, 5) is 13.7. The first-order valence-electron chi connectivity index (χ1n) is 14.5. The van der Waals surface area contributed by atoms with Crippen LogP contribution in [0.1, 0.15) is 89.5 Å². The first-order valence-corrected chi connectivity index (χ1v) is 16.0. The number of hydrogen-bond donors (Lipinski definition) is 1. The molecule has 0 radical (unpaired) electrons. The van der Waals surface area contributed by atoms with Crippen LogP contribution in [0, 0.1) is 11.3 Å². The van der Waals surface area contributed by atoms with Gasteiger partial charge in [0, 0.05) is 6.42 Å². The molecule has 2 saturated carbocycles. The van der Waals surface area contributed by atoms with E-state index in [1.54, 1.807) is 31.4 Å². The van der Waals surface area contributed by atoms with Gasteiger partial charge in [-0.25, -0.2) is 8.42 Å². The lowest BCUT2D eigenvalue weighted by Crippen LogP contribution is -2.45. The van der Waals surface area contributed by atoms with Crippen molar-refractivity contribution >= 4 is 15.6 Å². The van der Waals surface area contributed by atoms with Gasteiger partial charge in [0.2, 0.25) is 0 Å². The average molecular weight is 557 g/mol. The SMILES string of the molecule is CCCCC1CCCC2(CC1)CCC(C(=O)CCO)(S(=O)(=O)c1ccc(COc3ccc(OC)cc3)cc1)C2. The summed E-state index contributed by atoms with van der Waals surface area (Å²) in [6, 6.07) is 14.0. The second kappa shape index (κ2) is 12.9. The van der Waals surface area contributed by atoms with Gasteiger partial charge in [-0.1, -0.05) is 51.2 Å². The van der Waals surface area contributed by atoms with E-state index in [0.717, 1.165) is 43.4 Å². The van der Waals surface area contributed by atoms with Crippen LogP contribution in [0.2, 0.25) is 0 Å². The molecule has 3 atom stereocenters. The van der Waals surface area contributed by atoms with Crippen LogP contribution in [0.25, 0.3) is 0 Å². The van der Waals surface area contributed by atoms with Crippen molar-refractivity contribution in [3.05, 3.63) is 54.1 Å². The summed E-state index contributed by atoms with van der Waals surface area (Å²) < 4.78 is 37.9. The minimum absolute atomic E-state index is 0.106. The molecule has 214 valence electrons. The van der Waals surface area contributed by atoms with Crippen molar-refractivity contribution in [2.75, 3.05) is 13.7 Å². The summed E-state index contributed by atoms with van der Waals surface area (Å²) in [5.74, 6) is 1.81. The van der Waals surface area contributed by atoms with Crippen molar-refractivity contribution < 1.29 is 27.8 Å². The van der Waals surface area contributed by atoms with Gasteiger partial charge >= 0.3 is 0 Å². The molecule has 39 heavy (non-hydrogen) atoms. The molecule has 0 saturated heterocycles. The molecule has 2 fully saturated rings. The van der Waals surface area contributed by atoms with Crippen LogP contribution in [-0.2, 0) is 21.2 Å². The lowest BCUT2D eigenvalue weighted by Gasteiger charge is -2.33. The maximum Gasteiger partial charge on any atom is 0.191 e. The van der Waals surface area contributed by atoms with Gasteiger partial charge in [0.25, 0.3) is 0 Å². The molecule has 2 aliphatic rings. The molecular weight excluding hydrogens is 512 g/mol. The molecule has 1 spiro atoms. The van der Waals surface area contributed by atoms with Gasteiger partial charge in [-0.15, -0.1) is 0 Å². The van der Waals surface area contributed by atoms with Crippen molar-refractivity contribution in [2.24, 2.45) is 11.3 Å². The molecule has 0 aromatic heterocycles. The van der Waals surface area contributed by atoms with Crippen LogP contribution in [-0.4, -0.2) is 37.8 Å². The van der Waals surface area contributed by atoms with Crippen LogP contribution < -0.4 is 9.47 Å². The normalized spacial score (nSPS) is 25.4. The quantitative estimate of drug-likeness (QED) is 0.314. The molecule has 4 rings (SSSR count). The Labute approximate surface area is 234 Å². The number of methoxy groups -OCH3 is 1. The first kappa shape index (κ1) is 29.6. The predicted molar refractivity (Wildman–Crippen MR) is 153 cm³/mol. The molecule has 0 amide bonds. The van der Waals surface area contributed by atoms with E-state index in [-0.39, 0.29) is 29.1 Å². The second-order valence-electron chi connectivity index (χ2n) is 11.6. The lowest BCUT2D eigenvalue weighted by molar-refractivity contribution is -0.122. The second-order valence-corrected chi connectivity index (χ2v) is 13.9. The fourth-order valence-corrected chi connectivity index (χ4v) is 8.99. The van der Waals surface area contributed by atoms with Gasteiger partial charge < -0.3 is 14.6 Å². The summed E-state index contributed by atoms with van der Waals surface area (Å²) in [6.07, 6.45) is 10.4. The van der Waals surface area contributed by atoms with Crippen molar-refractivity contribution in [3.63, 3.8) is 0 Å². The largest absolute Gasteiger partial charge is 0.497 e. The van der Waals surface area contributed by atoms with Crippen LogP contribution in [0.4, 0.5) is 0 Å². The maximum atomic E-state index is 14.2. The first-order chi connectivity index (χ1) is 18.8. The highest BCUT2D eigenvalue weighted by Gasteiger charge is 2.59. The van der Waals surface area contributed by atoms with Crippen LogP contribution >= 0.6 is 0 Å². The van der Waals surface area contributed by atoms with Gasteiger partial charge in [-0.05, 0) is 91.8 Å². The third-order valence-corrected chi connectivity index (χ3v) is 11.6. The number of ether oxygens (including phenoxy) is 2. The van der Waals surface area contributed by atoms with Gasteiger partial charge in [0.1, 0.15) is 22.9 Å². The maximum absolute atomic E-state index is 14.2. The van der Waals surface area contributed by atoms with Crippen molar-refractivity contribution in [3.8, 4) is 11.5 Å². The molecule has 3 unspecified atom stereocenters. The van der Waals surface area contributed by atoms with Crippen molar-refractivity contribution in [1.82, 2.24) is 0 Å². The summed E-state index contributed by atoms with van der Waals surface area (Å²) in [5, 5.41) is 9.59. The summed E-state index contributed by atoms with van der Waals surface area (Å²) in [7, 11) is -2.33. The molecule has 2 aromatic rings. The van der Waals surface area contributed by atoms with E-state index in [9.17, 15) is 18.3 Å². The number of ketones is 1. The molecule has 0 aliphatic heterocycles. The topological polar surface area (TPSA) is 89.9 Å². The number of unbranched alkanes of at least 4 members (excludes halogenated alkanes) is 1. The predicted octanol–water partition coefficient (Wildman–Crippen LogP) is 6.68. The smallest absolute Gasteiger partial charge is 0.191 e. The van der Waals surface area contributed by atoms with E-state index in [2.05, 4.69) is 6.92 Å². The monoisotopic (exact) mass is 556 g/mol. The Morgan fingerprint density at radius 3 is 2.36 bits per heavy atom. The van der Waals surface area contributed by atoms with Crippen LogP contribution in [0.5, 0.6) is 11.5 Å². The number of carbonyl (C=O) groups excluding carboxylic acids is 1. The summed E-state index contributed by atoms with van der Waals surface area (Å²) in [5.41, 5.74) is 0.732. The van der Waals surface area contributed by atoms with Gasteiger partial charge in [0.05, 0.1) is 18.6 Å². The molecular formula is C32H44O6S. The number of Topliss-reactive ketones (excluding diaryl/α,β-unsaturated/α-hetero) is 1. The zero-order chi connectivity index (χ0) is 27.9. The Morgan fingerprint density at radius 1 is 0.974 bits per heavy atom. The van der Waals surface area contributed by atoms with Gasteiger partial charge in [0.15, 0.2) is 15.6 Å².